The molecule has 2 unspecified atom stereocenters. The molecular formula is C16H23N3O4. The predicted molar refractivity (Wildman–Crippen MR) is 85.6 cm³/mol. The van der Waals surface area contributed by atoms with E-state index in [0.29, 0.717) is 18.8 Å². The third-order valence-electron chi connectivity index (χ3n) is 4.60. The second kappa shape index (κ2) is 6.74. The Morgan fingerprint density at radius 1 is 1.17 bits per heavy atom. The van der Waals surface area contributed by atoms with Crippen LogP contribution in [-0.2, 0) is 0 Å². The van der Waals surface area contributed by atoms with E-state index in [2.05, 4.69) is 10.2 Å². The van der Waals surface area contributed by atoms with Crippen molar-refractivity contribution in [1.29, 1.82) is 0 Å². The Hall–Kier alpha value is -1.83. The number of benzene rings is 1. The Kier molecular flexibility index (Phi) is 4.70. The van der Waals surface area contributed by atoms with Crippen LogP contribution in [0.3, 0.4) is 0 Å². The van der Waals surface area contributed by atoms with Crippen LogP contribution in [0.15, 0.2) is 24.3 Å². The first-order valence-electron chi connectivity index (χ1n) is 7.87. The molecule has 0 bridgehead atoms. The zero-order chi connectivity index (χ0) is 16.4. The van der Waals surface area contributed by atoms with E-state index in [1.54, 1.807) is 36.3 Å². The summed E-state index contributed by atoms with van der Waals surface area (Å²) in [4.78, 5) is 16.2. The van der Waals surface area contributed by atoms with Crippen LogP contribution in [0.25, 0.3) is 0 Å². The van der Waals surface area contributed by atoms with Crippen molar-refractivity contribution in [2.24, 2.45) is 0 Å². The summed E-state index contributed by atoms with van der Waals surface area (Å²) >= 11 is 0. The number of carbonyl (C=O) groups excluding carboxylic acids is 1. The Labute approximate surface area is 135 Å². The number of nitrogens with one attached hydrogen (secondary N) is 1. The fourth-order valence-electron chi connectivity index (χ4n) is 3.02. The van der Waals surface area contributed by atoms with Gasteiger partial charge in [0.2, 0.25) is 0 Å². The van der Waals surface area contributed by atoms with Gasteiger partial charge in [-0.25, -0.2) is 4.79 Å². The number of nitrogens with zero attached hydrogens (tertiary/aromatic N) is 2. The number of β-amino-alcohol motifs (C(OH)–C–C–N with tert-alkyl or cyclic N) is 1. The highest BCUT2D eigenvalue weighted by Gasteiger charge is 2.37. The van der Waals surface area contributed by atoms with E-state index < -0.39 is 12.2 Å². The minimum atomic E-state index is -0.932. The number of rotatable bonds is 2. The SMILES string of the molecule is COc1ccc(NC(=O)N2CC(O)C(O)CN3CC[C@@H]3C2)cc1. The quantitative estimate of drug-likeness (QED) is 0.731. The maximum absolute atomic E-state index is 12.5. The Morgan fingerprint density at radius 3 is 2.48 bits per heavy atom. The number of methoxy groups -OCH3 is 1. The van der Waals surface area contributed by atoms with Crippen LogP contribution in [-0.4, -0.2) is 77.6 Å². The van der Waals surface area contributed by atoms with Gasteiger partial charge in [-0.1, -0.05) is 0 Å². The second-order valence-corrected chi connectivity index (χ2v) is 6.14. The summed E-state index contributed by atoms with van der Waals surface area (Å²) in [5, 5.41) is 22.9. The van der Waals surface area contributed by atoms with Crippen LogP contribution >= 0.6 is 0 Å². The summed E-state index contributed by atoms with van der Waals surface area (Å²) in [5.41, 5.74) is 0.665. The molecule has 1 aromatic carbocycles. The lowest BCUT2D eigenvalue weighted by molar-refractivity contribution is -0.0632. The molecule has 2 aliphatic rings. The predicted octanol–water partition coefficient (Wildman–Crippen LogP) is 0.339. The molecule has 0 spiro atoms. The minimum absolute atomic E-state index is 0.132. The van der Waals surface area contributed by atoms with E-state index in [4.69, 9.17) is 4.74 Å². The molecule has 2 fully saturated rings. The number of hydrogen-bond acceptors (Lipinski definition) is 5. The van der Waals surface area contributed by atoms with Gasteiger partial charge in [0.15, 0.2) is 0 Å². The Balaban J connectivity index is 1.66. The van der Waals surface area contributed by atoms with Crippen molar-refractivity contribution in [2.75, 3.05) is 38.6 Å². The van der Waals surface area contributed by atoms with Gasteiger partial charge in [0.05, 0.1) is 25.9 Å². The van der Waals surface area contributed by atoms with Gasteiger partial charge in [0.25, 0.3) is 0 Å². The second-order valence-electron chi connectivity index (χ2n) is 6.14. The van der Waals surface area contributed by atoms with Crippen LogP contribution in [0.4, 0.5) is 10.5 Å². The topological polar surface area (TPSA) is 85.3 Å². The summed E-state index contributed by atoms with van der Waals surface area (Å²) in [6.07, 6.45) is -0.748. The zero-order valence-electron chi connectivity index (χ0n) is 13.2. The molecule has 3 atom stereocenters. The van der Waals surface area contributed by atoms with Crippen LogP contribution < -0.4 is 10.1 Å². The number of aliphatic hydroxyl groups excluding tert-OH is 2. The molecule has 0 aliphatic carbocycles. The van der Waals surface area contributed by atoms with Crippen molar-refractivity contribution in [3.8, 4) is 5.75 Å². The van der Waals surface area contributed by atoms with E-state index in [9.17, 15) is 15.0 Å². The van der Waals surface area contributed by atoms with Gasteiger partial charge in [-0.2, -0.15) is 0 Å². The molecule has 0 saturated carbocycles. The van der Waals surface area contributed by atoms with Gasteiger partial charge in [0, 0.05) is 31.4 Å². The molecule has 2 amide bonds. The molecule has 1 aromatic rings. The fraction of sp³-hybridized carbons (Fsp3) is 0.562. The molecule has 3 rings (SSSR count). The van der Waals surface area contributed by atoms with E-state index in [0.717, 1.165) is 18.7 Å². The van der Waals surface area contributed by atoms with Gasteiger partial charge in [-0.15, -0.1) is 0 Å². The van der Waals surface area contributed by atoms with Gasteiger partial charge in [0.1, 0.15) is 5.75 Å². The number of carbonyl (C=O) groups is 1. The Bertz CT molecular complexity index is 543. The molecule has 2 heterocycles. The van der Waals surface area contributed by atoms with Gasteiger partial charge in [-0.3, -0.25) is 4.90 Å². The third-order valence-corrected chi connectivity index (χ3v) is 4.60. The van der Waals surface area contributed by atoms with Crippen molar-refractivity contribution >= 4 is 11.7 Å². The smallest absolute Gasteiger partial charge is 0.321 e. The van der Waals surface area contributed by atoms with Crippen molar-refractivity contribution in [3.05, 3.63) is 24.3 Å². The Morgan fingerprint density at radius 2 is 1.87 bits per heavy atom. The van der Waals surface area contributed by atoms with E-state index >= 15 is 0 Å². The lowest BCUT2D eigenvalue weighted by Gasteiger charge is -2.47. The monoisotopic (exact) mass is 321 g/mol. The number of aliphatic hydroxyl groups is 2. The number of amides is 2. The van der Waals surface area contributed by atoms with E-state index in [-0.39, 0.29) is 18.6 Å². The standard InChI is InChI=1S/C16H23N3O4/c1-23-13-4-2-11(3-5-13)17-16(22)19-8-12-6-7-18(12)9-14(20)15(21)10-19/h2-5,12,14-15,20-21H,6-10H2,1H3,(H,17,22)/t12-,14?,15?/m1/s1. The maximum atomic E-state index is 12.5. The van der Waals surface area contributed by atoms with Gasteiger partial charge in [-0.05, 0) is 30.7 Å². The van der Waals surface area contributed by atoms with Crippen molar-refractivity contribution < 1.29 is 19.7 Å². The molecule has 0 radical (unpaired) electrons. The summed E-state index contributed by atoms with van der Waals surface area (Å²) in [6.45, 7) is 2.07. The molecule has 7 heteroatoms. The van der Waals surface area contributed by atoms with Crippen LogP contribution in [0, 0.1) is 0 Å². The molecule has 7 nitrogen and oxygen atoms in total. The highest BCUT2D eigenvalue weighted by Crippen LogP contribution is 2.23. The average Bonchev–Trinajstić information content (AvgIpc) is 2.54. The molecule has 126 valence electrons. The molecule has 0 aromatic heterocycles. The number of ether oxygens (including phenoxy) is 1. The normalized spacial score (nSPS) is 28.1. The average molecular weight is 321 g/mol. The van der Waals surface area contributed by atoms with Gasteiger partial charge >= 0.3 is 6.03 Å². The molecule has 3 N–H and O–H groups in total. The lowest BCUT2D eigenvalue weighted by atomic mass is 9.98. The summed E-state index contributed by atoms with van der Waals surface area (Å²) < 4.78 is 5.09. The van der Waals surface area contributed by atoms with E-state index in [1.165, 1.54) is 0 Å². The highest BCUT2D eigenvalue weighted by atomic mass is 16.5. The number of urea groups is 1. The maximum Gasteiger partial charge on any atom is 0.321 e. The molecule has 2 aliphatic heterocycles. The third kappa shape index (κ3) is 3.57. The lowest BCUT2D eigenvalue weighted by Crippen LogP contribution is -2.62. The van der Waals surface area contributed by atoms with E-state index in [1.807, 2.05) is 0 Å². The number of anilines is 1. The van der Waals surface area contributed by atoms with Crippen LogP contribution in [0.1, 0.15) is 6.42 Å². The number of hydrogen-bond donors (Lipinski definition) is 3. The minimum Gasteiger partial charge on any atom is -0.497 e. The largest absolute Gasteiger partial charge is 0.497 e. The summed E-state index contributed by atoms with van der Waals surface area (Å²) in [7, 11) is 1.59. The van der Waals surface area contributed by atoms with Gasteiger partial charge < -0.3 is 25.2 Å². The first kappa shape index (κ1) is 16.0. The van der Waals surface area contributed by atoms with Crippen LogP contribution in [0.2, 0.25) is 0 Å². The summed E-state index contributed by atoms with van der Waals surface area (Å²) in [5.74, 6) is 0.720. The van der Waals surface area contributed by atoms with Crippen molar-refractivity contribution in [3.63, 3.8) is 0 Å². The first-order valence-corrected chi connectivity index (χ1v) is 7.87. The molecule has 23 heavy (non-hydrogen) atoms. The fourth-order valence-corrected chi connectivity index (χ4v) is 3.02. The van der Waals surface area contributed by atoms with Crippen LogP contribution in [0.5, 0.6) is 5.75 Å². The zero-order valence-corrected chi connectivity index (χ0v) is 13.2. The highest BCUT2D eigenvalue weighted by molar-refractivity contribution is 5.89. The summed E-state index contributed by atoms with van der Waals surface area (Å²) in [6, 6.07) is 7.07. The molecular weight excluding hydrogens is 298 g/mol. The van der Waals surface area contributed by atoms with Crippen molar-refractivity contribution in [1.82, 2.24) is 9.80 Å². The first-order chi connectivity index (χ1) is 11.1. The number of fused-ring (bicyclic) bond motifs is 1. The van der Waals surface area contributed by atoms with Crippen molar-refractivity contribution in [2.45, 2.75) is 24.7 Å². The molecule has 2 saturated heterocycles.